The molecule has 1 aliphatic rings. The van der Waals surface area contributed by atoms with E-state index in [0.29, 0.717) is 6.61 Å². The molecule has 0 unspecified atom stereocenters. The summed E-state index contributed by atoms with van der Waals surface area (Å²) >= 11 is 0. The predicted molar refractivity (Wildman–Crippen MR) is 67.2 cm³/mol. The number of hydrogen-bond acceptors (Lipinski definition) is 3. The van der Waals surface area contributed by atoms with Crippen molar-refractivity contribution in [3.05, 3.63) is 0 Å². The molecule has 0 aliphatic heterocycles. The van der Waals surface area contributed by atoms with Crippen LogP contribution in [-0.4, -0.2) is 36.7 Å². The van der Waals surface area contributed by atoms with Gasteiger partial charge in [-0.1, -0.05) is 20.3 Å². The number of carbonyl (C=O) groups is 2. The second-order valence-corrected chi connectivity index (χ2v) is 5.49. The van der Waals surface area contributed by atoms with Gasteiger partial charge in [-0.15, -0.1) is 0 Å². The number of ether oxygens (including phenoxy) is 1. The summed E-state index contributed by atoms with van der Waals surface area (Å²) in [6.45, 7) is 4.24. The Morgan fingerprint density at radius 2 is 2.00 bits per heavy atom. The lowest BCUT2D eigenvalue weighted by atomic mass is 9.68. The summed E-state index contributed by atoms with van der Waals surface area (Å²) in [7, 11) is 1.59. The van der Waals surface area contributed by atoms with Crippen LogP contribution in [0.5, 0.6) is 0 Å². The second-order valence-electron chi connectivity index (χ2n) is 5.49. The van der Waals surface area contributed by atoms with Crippen LogP contribution in [0.2, 0.25) is 0 Å². The van der Waals surface area contributed by atoms with E-state index in [9.17, 15) is 9.59 Å². The van der Waals surface area contributed by atoms with Crippen LogP contribution >= 0.6 is 0 Å². The standard InChI is InChI=1S/C13H23NO4/c1-9(2)10(7-11(15)16)14-12(17)13(8-18-3)5-4-6-13/h9-10H,4-8H2,1-3H3,(H,14,17)(H,15,16)/t10-/m0/s1. The van der Waals surface area contributed by atoms with Crippen molar-refractivity contribution in [2.75, 3.05) is 13.7 Å². The minimum absolute atomic E-state index is 0.0352. The van der Waals surface area contributed by atoms with Gasteiger partial charge in [0.05, 0.1) is 18.4 Å². The molecule has 1 rings (SSSR count). The van der Waals surface area contributed by atoms with Gasteiger partial charge >= 0.3 is 5.97 Å². The largest absolute Gasteiger partial charge is 0.481 e. The molecule has 5 nitrogen and oxygen atoms in total. The molecule has 104 valence electrons. The molecule has 1 amide bonds. The number of carbonyl (C=O) groups excluding carboxylic acids is 1. The first kappa shape index (κ1) is 15.0. The first-order valence-corrected chi connectivity index (χ1v) is 6.43. The lowest BCUT2D eigenvalue weighted by molar-refractivity contribution is -0.143. The first-order valence-electron chi connectivity index (χ1n) is 6.43. The van der Waals surface area contributed by atoms with Crippen molar-refractivity contribution >= 4 is 11.9 Å². The molecule has 0 radical (unpaired) electrons. The molecule has 1 aliphatic carbocycles. The molecular formula is C13H23NO4. The fourth-order valence-electron chi connectivity index (χ4n) is 2.28. The van der Waals surface area contributed by atoms with Crippen molar-refractivity contribution in [1.29, 1.82) is 0 Å². The Kier molecular flexibility index (Phi) is 5.14. The smallest absolute Gasteiger partial charge is 0.305 e. The van der Waals surface area contributed by atoms with E-state index in [1.165, 1.54) is 0 Å². The van der Waals surface area contributed by atoms with E-state index in [2.05, 4.69) is 5.32 Å². The number of methoxy groups -OCH3 is 1. The van der Waals surface area contributed by atoms with E-state index in [4.69, 9.17) is 9.84 Å². The Hall–Kier alpha value is -1.10. The van der Waals surface area contributed by atoms with Crippen LogP contribution in [0.1, 0.15) is 39.5 Å². The third-order valence-electron chi connectivity index (χ3n) is 3.73. The van der Waals surface area contributed by atoms with Crippen LogP contribution < -0.4 is 5.32 Å². The topological polar surface area (TPSA) is 75.6 Å². The summed E-state index contributed by atoms with van der Waals surface area (Å²) in [6.07, 6.45) is 2.64. The van der Waals surface area contributed by atoms with Crippen LogP contribution in [0.25, 0.3) is 0 Å². The number of nitrogens with one attached hydrogen (secondary N) is 1. The molecule has 1 fully saturated rings. The Morgan fingerprint density at radius 3 is 2.33 bits per heavy atom. The highest BCUT2D eigenvalue weighted by Gasteiger charge is 2.44. The number of carboxylic acid groups (broad SMARTS) is 1. The van der Waals surface area contributed by atoms with Gasteiger partial charge in [-0.3, -0.25) is 9.59 Å². The Balaban J connectivity index is 2.62. The normalized spacial score (nSPS) is 19.1. The van der Waals surface area contributed by atoms with Crippen molar-refractivity contribution in [3.8, 4) is 0 Å². The monoisotopic (exact) mass is 257 g/mol. The zero-order valence-corrected chi connectivity index (χ0v) is 11.4. The van der Waals surface area contributed by atoms with Crippen LogP contribution in [0, 0.1) is 11.3 Å². The molecule has 0 bridgehead atoms. The third-order valence-corrected chi connectivity index (χ3v) is 3.73. The first-order chi connectivity index (χ1) is 8.41. The zero-order chi connectivity index (χ0) is 13.8. The number of amides is 1. The zero-order valence-electron chi connectivity index (χ0n) is 11.4. The summed E-state index contributed by atoms with van der Waals surface area (Å²) in [5, 5.41) is 11.7. The van der Waals surface area contributed by atoms with Gasteiger partial charge in [0.15, 0.2) is 0 Å². The maximum absolute atomic E-state index is 12.2. The summed E-state index contributed by atoms with van der Waals surface area (Å²) in [5.41, 5.74) is -0.430. The van der Waals surface area contributed by atoms with E-state index in [0.717, 1.165) is 19.3 Å². The van der Waals surface area contributed by atoms with Crippen molar-refractivity contribution in [2.24, 2.45) is 11.3 Å². The molecule has 1 atom stereocenters. The van der Waals surface area contributed by atoms with Crippen LogP contribution in [-0.2, 0) is 14.3 Å². The Labute approximate surface area is 108 Å². The number of hydrogen-bond donors (Lipinski definition) is 2. The summed E-state index contributed by atoms with van der Waals surface area (Å²) in [4.78, 5) is 23.0. The highest BCUT2D eigenvalue weighted by atomic mass is 16.5. The Bertz CT molecular complexity index is 310. The minimum Gasteiger partial charge on any atom is -0.481 e. The highest BCUT2D eigenvalue weighted by Crippen LogP contribution is 2.41. The SMILES string of the molecule is COCC1(C(=O)N[C@@H](CC(=O)O)C(C)C)CCC1. The maximum atomic E-state index is 12.2. The van der Waals surface area contributed by atoms with Gasteiger partial charge in [-0.25, -0.2) is 0 Å². The van der Waals surface area contributed by atoms with Gasteiger partial charge < -0.3 is 15.2 Å². The Morgan fingerprint density at radius 1 is 1.39 bits per heavy atom. The molecule has 0 aromatic carbocycles. The van der Waals surface area contributed by atoms with Crippen molar-refractivity contribution in [1.82, 2.24) is 5.32 Å². The third kappa shape index (κ3) is 3.45. The molecule has 0 heterocycles. The molecule has 1 saturated carbocycles. The molecule has 0 aromatic heterocycles. The van der Waals surface area contributed by atoms with Gasteiger partial charge in [0.1, 0.15) is 0 Å². The van der Waals surface area contributed by atoms with E-state index in [1.54, 1.807) is 7.11 Å². The number of rotatable bonds is 7. The molecule has 0 spiro atoms. The molecule has 18 heavy (non-hydrogen) atoms. The molecule has 0 saturated heterocycles. The maximum Gasteiger partial charge on any atom is 0.305 e. The molecule has 2 N–H and O–H groups in total. The van der Waals surface area contributed by atoms with Crippen molar-refractivity contribution in [2.45, 2.75) is 45.6 Å². The molecule has 0 aromatic rings. The number of carboxylic acids is 1. The van der Waals surface area contributed by atoms with Crippen LogP contribution in [0.4, 0.5) is 0 Å². The van der Waals surface area contributed by atoms with Gasteiger partial charge in [-0.2, -0.15) is 0 Å². The molecule has 5 heteroatoms. The van der Waals surface area contributed by atoms with E-state index >= 15 is 0 Å². The van der Waals surface area contributed by atoms with Gasteiger partial charge in [0, 0.05) is 13.2 Å². The fraction of sp³-hybridized carbons (Fsp3) is 0.846. The lowest BCUT2D eigenvalue weighted by Crippen LogP contribution is -2.52. The quantitative estimate of drug-likeness (QED) is 0.723. The summed E-state index contributed by atoms with van der Waals surface area (Å²) < 4.78 is 5.12. The van der Waals surface area contributed by atoms with Gasteiger partial charge in [0.2, 0.25) is 5.91 Å². The fourth-order valence-corrected chi connectivity index (χ4v) is 2.28. The van der Waals surface area contributed by atoms with E-state index in [1.807, 2.05) is 13.8 Å². The van der Waals surface area contributed by atoms with Crippen LogP contribution in [0.15, 0.2) is 0 Å². The lowest BCUT2D eigenvalue weighted by Gasteiger charge is -2.40. The van der Waals surface area contributed by atoms with Crippen molar-refractivity contribution in [3.63, 3.8) is 0 Å². The van der Waals surface area contributed by atoms with E-state index in [-0.39, 0.29) is 24.3 Å². The summed E-state index contributed by atoms with van der Waals surface area (Å²) in [5.74, 6) is -0.844. The minimum atomic E-state index is -0.886. The van der Waals surface area contributed by atoms with Gasteiger partial charge in [-0.05, 0) is 18.8 Å². The second kappa shape index (κ2) is 6.18. The average Bonchev–Trinajstić information content (AvgIpc) is 2.21. The van der Waals surface area contributed by atoms with Crippen LogP contribution in [0.3, 0.4) is 0 Å². The highest BCUT2D eigenvalue weighted by molar-refractivity contribution is 5.84. The van der Waals surface area contributed by atoms with E-state index < -0.39 is 11.4 Å². The van der Waals surface area contributed by atoms with Crippen molar-refractivity contribution < 1.29 is 19.4 Å². The van der Waals surface area contributed by atoms with Gasteiger partial charge in [0.25, 0.3) is 0 Å². The molecular weight excluding hydrogens is 234 g/mol. The average molecular weight is 257 g/mol. The summed E-state index contributed by atoms with van der Waals surface area (Å²) in [6, 6.07) is -0.315. The number of aliphatic carboxylic acids is 1. The predicted octanol–water partition coefficient (Wildman–Crippen LogP) is 1.42.